The lowest BCUT2D eigenvalue weighted by Crippen LogP contribution is -2.47. The van der Waals surface area contributed by atoms with Crippen LogP contribution in [-0.2, 0) is 10.5 Å². The van der Waals surface area contributed by atoms with Gasteiger partial charge in [0.05, 0.1) is 22.7 Å². The van der Waals surface area contributed by atoms with Gasteiger partial charge in [-0.15, -0.1) is 0 Å². The van der Waals surface area contributed by atoms with E-state index in [1.165, 1.54) is 0 Å². The third-order valence-corrected chi connectivity index (χ3v) is 6.87. The molecule has 1 fully saturated rings. The number of piperidine rings is 1. The summed E-state index contributed by atoms with van der Waals surface area (Å²) in [5.41, 5.74) is 13.2. The minimum atomic E-state index is -0.416. The molecule has 0 aliphatic carbocycles. The van der Waals surface area contributed by atoms with Gasteiger partial charge in [-0.2, -0.15) is 11.8 Å². The third kappa shape index (κ3) is 5.58. The molecule has 1 aromatic carbocycles. The van der Waals surface area contributed by atoms with Crippen LogP contribution in [0.1, 0.15) is 43.5 Å². The molecule has 2 heterocycles. The van der Waals surface area contributed by atoms with Gasteiger partial charge in [0.1, 0.15) is 5.82 Å². The predicted octanol–water partition coefficient (Wildman–Crippen LogP) is 1.91. The average Bonchev–Trinajstić information content (AvgIpc) is 2.73. The number of aryl methyl sites for hydroxylation is 1. The van der Waals surface area contributed by atoms with Gasteiger partial charge in [-0.3, -0.25) is 9.59 Å². The summed E-state index contributed by atoms with van der Waals surface area (Å²) in [6.45, 7) is 4.09. The van der Waals surface area contributed by atoms with E-state index >= 15 is 0 Å². The largest absolute Gasteiger partial charge is 0.341 e. The first-order valence-corrected chi connectivity index (χ1v) is 11.4. The van der Waals surface area contributed by atoms with Crippen LogP contribution in [0.3, 0.4) is 0 Å². The summed E-state index contributed by atoms with van der Waals surface area (Å²) in [4.78, 5) is 34.3. The van der Waals surface area contributed by atoms with E-state index in [0.717, 1.165) is 49.9 Å². The van der Waals surface area contributed by atoms with Gasteiger partial charge in [-0.25, -0.2) is 4.98 Å². The zero-order valence-electron chi connectivity index (χ0n) is 17.0. The van der Waals surface area contributed by atoms with Crippen molar-refractivity contribution in [1.82, 2.24) is 14.9 Å². The summed E-state index contributed by atoms with van der Waals surface area (Å²) < 4.78 is 0. The van der Waals surface area contributed by atoms with Gasteiger partial charge in [0, 0.05) is 18.3 Å². The Labute approximate surface area is 175 Å². The van der Waals surface area contributed by atoms with E-state index in [2.05, 4.69) is 9.97 Å². The summed E-state index contributed by atoms with van der Waals surface area (Å²) in [5, 5.41) is 1.08. The fourth-order valence-corrected chi connectivity index (χ4v) is 4.80. The summed E-state index contributed by atoms with van der Waals surface area (Å²) in [5.74, 6) is 1.43. The first-order valence-electron chi connectivity index (χ1n) is 10.3. The normalized spacial score (nSPS) is 16.3. The summed E-state index contributed by atoms with van der Waals surface area (Å²) in [6, 6.07) is 5.24. The SMILES string of the molecule is Cc1cccc2c(=O)[nH]c(CSC3CCN(C(=O)[C@@H](N)CCCCN)CC3)nc12. The third-order valence-electron chi connectivity index (χ3n) is 5.48. The van der Waals surface area contributed by atoms with Crippen LogP contribution in [-0.4, -0.2) is 51.7 Å². The number of unbranched alkanes of at least 4 members (excludes halogenated alkanes) is 1. The molecule has 1 aliphatic heterocycles. The van der Waals surface area contributed by atoms with Crippen molar-refractivity contribution in [2.75, 3.05) is 19.6 Å². The molecule has 0 spiro atoms. The van der Waals surface area contributed by atoms with Crippen LogP contribution >= 0.6 is 11.8 Å². The van der Waals surface area contributed by atoms with E-state index in [1.807, 2.05) is 24.0 Å². The van der Waals surface area contributed by atoms with Crippen molar-refractivity contribution in [2.24, 2.45) is 11.5 Å². The Kier molecular flexibility index (Phi) is 7.69. The molecule has 1 atom stereocenters. The van der Waals surface area contributed by atoms with Gasteiger partial charge in [0.2, 0.25) is 5.91 Å². The van der Waals surface area contributed by atoms with Crippen molar-refractivity contribution in [3.63, 3.8) is 0 Å². The number of para-hydroxylation sites is 1. The van der Waals surface area contributed by atoms with Gasteiger partial charge in [-0.05, 0) is 50.8 Å². The second-order valence-electron chi connectivity index (χ2n) is 7.71. The van der Waals surface area contributed by atoms with Crippen LogP contribution in [0.2, 0.25) is 0 Å². The minimum absolute atomic E-state index is 0.0569. The van der Waals surface area contributed by atoms with Crippen molar-refractivity contribution >= 4 is 28.6 Å². The maximum absolute atomic E-state index is 12.5. The number of nitrogens with one attached hydrogen (secondary N) is 1. The molecule has 0 radical (unpaired) electrons. The first-order chi connectivity index (χ1) is 14.0. The molecule has 1 saturated heterocycles. The summed E-state index contributed by atoms with van der Waals surface area (Å²) in [7, 11) is 0. The van der Waals surface area contributed by atoms with E-state index in [0.29, 0.717) is 35.2 Å². The Bertz CT molecular complexity index is 892. The number of H-pyrrole nitrogens is 1. The number of likely N-dealkylation sites (tertiary alicyclic amines) is 1. The van der Waals surface area contributed by atoms with Gasteiger partial charge >= 0.3 is 0 Å². The van der Waals surface area contributed by atoms with Crippen LogP contribution < -0.4 is 17.0 Å². The van der Waals surface area contributed by atoms with E-state index in [4.69, 9.17) is 11.5 Å². The summed E-state index contributed by atoms with van der Waals surface area (Å²) >= 11 is 1.80. The number of nitrogens with two attached hydrogens (primary N) is 2. The molecule has 0 bridgehead atoms. The smallest absolute Gasteiger partial charge is 0.258 e. The molecule has 158 valence electrons. The van der Waals surface area contributed by atoms with E-state index in [-0.39, 0.29) is 11.5 Å². The van der Waals surface area contributed by atoms with Crippen molar-refractivity contribution < 1.29 is 4.79 Å². The Balaban J connectivity index is 1.50. The number of benzene rings is 1. The topological polar surface area (TPSA) is 118 Å². The molecule has 0 saturated carbocycles. The Morgan fingerprint density at radius 3 is 2.83 bits per heavy atom. The molecular formula is C21H31N5O2S. The minimum Gasteiger partial charge on any atom is -0.341 e. The maximum atomic E-state index is 12.5. The number of amides is 1. The van der Waals surface area contributed by atoms with E-state index in [9.17, 15) is 9.59 Å². The van der Waals surface area contributed by atoms with E-state index in [1.54, 1.807) is 17.8 Å². The highest BCUT2D eigenvalue weighted by Crippen LogP contribution is 2.26. The number of aromatic nitrogens is 2. The molecule has 7 nitrogen and oxygen atoms in total. The van der Waals surface area contributed by atoms with Crippen molar-refractivity contribution in [3.05, 3.63) is 39.9 Å². The predicted molar refractivity (Wildman–Crippen MR) is 119 cm³/mol. The molecule has 1 aromatic heterocycles. The quantitative estimate of drug-likeness (QED) is 0.565. The molecule has 1 aliphatic rings. The molecule has 8 heteroatoms. The number of fused-ring (bicyclic) bond motifs is 1. The highest BCUT2D eigenvalue weighted by molar-refractivity contribution is 7.99. The number of carbonyl (C=O) groups excluding carboxylic acids is 1. The lowest BCUT2D eigenvalue weighted by molar-refractivity contribution is -0.133. The number of nitrogens with zero attached hydrogens (tertiary/aromatic N) is 2. The zero-order chi connectivity index (χ0) is 20.8. The standard InChI is InChI=1S/C21H31N5O2S/c1-14-5-4-6-16-19(14)24-18(25-20(16)27)13-29-15-8-11-26(12-9-15)21(28)17(23)7-2-3-10-22/h4-6,15,17H,2-3,7-13,22-23H2,1H3,(H,24,25,27)/t17-/m0/s1. The number of hydrogen-bond acceptors (Lipinski definition) is 6. The highest BCUT2D eigenvalue weighted by Gasteiger charge is 2.26. The number of rotatable bonds is 8. The Morgan fingerprint density at radius 1 is 1.34 bits per heavy atom. The number of hydrogen-bond donors (Lipinski definition) is 3. The van der Waals surface area contributed by atoms with Gasteiger partial charge in [0.25, 0.3) is 5.56 Å². The monoisotopic (exact) mass is 417 g/mol. The fourth-order valence-electron chi connectivity index (χ4n) is 3.73. The van der Waals surface area contributed by atoms with Crippen LogP contribution in [0.5, 0.6) is 0 Å². The molecular weight excluding hydrogens is 386 g/mol. The van der Waals surface area contributed by atoms with Gasteiger partial charge < -0.3 is 21.4 Å². The average molecular weight is 418 g/mol. The lowest BCUT2D eigenvalue weighted by atomic mass is 10.1. The molecule has 5 N–H and O–H groups in total. The van der Waals surface area contributed by atoms with E-state index < -0.39 is 6.04 Å². The summed E-state index contributed by atoms with van der Waals surface area (Å²) in [6.07, 6.45) is 4.37. The fraction of sp³-hybridized carbons (Fsp3) is 0.571. The van der Waals surface area contributed by atoms with Crippen LogP contribution in [0, 0.1) is 6.92 Å². The lowest BCUT2D eigenvalue weighted by Gasteiger charge is -2.33. The molecule has 2 aromatic rings. The molecule has 0 unspecified atom stereocenters. The second kappa shape index (κ2) is 10.2. The Hall–Kier alpha value is -1.90. The van der Waals surface area contributed by atoms with Crippen LogP contribution in [0.15, 0.2) is 23.0 Å². The van der Waals surface area contributed by atoms with Crippen molar-refractivity contribution in [2.45, 2.75) is 56.1 Å². The van der Waals surface area contributed by atoms with Crippen molar-refractivity contribution in [3.8, 4) is 0 Å². The number of carbonyl (C=O) groups is 1. The molecule has 3 rings (SSSR count). The molecule has 29 heavy (non-hydrogen) atoms. The van der Waals surface area contributed by atoms with Crippen molar-refractivity contribution in [1.29, 1.82) is 0 Å². The van der Waals surface area contributed by atoms with Crippen LogP contribution in [0.4, 0.5) is 0 Å². The van der Waals surface area contributed by atoms with Gasteiger partial charge in [-0.1, -0.05) is 18.6 Å². The maximum Gasteiger partial charge on any atom is 0.258 e. The van der Waals surface area contributed by atoms with Crippen LogP contribution in [0.25, 0.3) is 10.9 Å². The number of thioether (sulfide) groups is 1. The first kappa shape index (κ1) is 21.8. The zero-order valence-corrected chi connectivity index (χ0v) is 17.8. The second-order valence-corrected chi connectivity index (χ2v) is 9.00. The molecule has 1 amide bonds. The highest BCUT2D eigenvalue weighted by atomic mass is 32.2. The van der Waals surface area contributed by atoms with Gasteiger partial charge in [0.15, 0.2) is 0 Å². The Morgan fingerprint density at radius 2 is 2.10 bits per heavy atom. The number of aromatic amines is 1.